The minimum Gasteiger partial charge on any atom is -0.351 e. The van der Waals surface area contributed by atoms with Crippen LogP contribution in [0.4, 0.5) is 5.95 Å². The fourth-order valence-electron chi connectivity index (χ4n) is 2.33. The Bertz CT molecular complexity index is 593. The van der Waals surface area contributed by atoms with Crippen molar-refractivity contribution in [3.8, 4) is 0 Å². The van der Waals surface area contributed by atoms with Gasteiger partial charge in [0.15, 0.2) is 0 Å². The molecule has 1 aliphatic carbocycles. The molecule has 18 heavy (non-hydrogen) atoms. The average molecular weight is 242 g/mol. The number of aryl methyl sites for hydroxylation is 1. The summed E-state index contributed by atoms with van der Waals surface area (Å²) in [6.07, 6.45) is 6.21. The van der Waals surface area contributed by atoms with E-state index in [-0.39, 0.29) is 5.56 Å². The molecule has 0 radical (unpaired) electrons. The van der Waals surface area contributed by atoms with E-state index in [9.17, 15) is 4.79 Å². The van der Waals surface area contributed by atoms with Gasteiger partial charge in [-0.3, -0.25) is 4.79 Å². The van der Waals surface area contributed by atoms with Crippen molar-refractivity contribution in [2.75, 3.05) is 5.32 Å². The van der Waals surface area contributed by atoms with Gasteiger partial charge in [-0.25, -0.2) is 9.97 Å². The van der Waals surface area contributed by atoms with E-state index in [0.717, 1.165) is 25.0 Å². The van der Waals surface area contributed by atoms with Crippen LogP contribution in [0.25, 0.3) is 0 Å². The number of rotatable bonds is 2. The van der Waals surface area contributed by atoms with E-state index in [1.807, 2.05) is 6.07 Å². The van der Waals surface area contributed by atoms with Crippen LogP contribution in [-0.2, 0) is 12.8 Å². The Kier molecular flexibility index (Phi) is 2.80. The second kappa shape index (κ2) is 4.60. The number of fused-ring (bicyclic) bond motifs is 1. The third-order valence-electron chi connectivity index (χ3n) is 3.21. The molecule has 3 rings (SSSR count). The zero-order valence-electron chi connectivity index (χ0n) is 9.89. The van der Waals surface area contributed by atoms with Gasteiger partial charge in [-0.05, 0) is 30.9 Å². The van der Waals surface area contributed by atoms with Crippen LogP contribution in [0.2, 0.25) is 0 Å². The van der Waals surface area contributed by atoms with E-state index in [2.05, 4.69) is 20.3 Å². The Labute approximate surface area is 104 Å². The smallest absolute Gasteiger partial charge is 0.248 e. The van der Waals surface area contributed by atoms with Crippen molar-refractivity contribution in [3.05, 3.63) is 52.2 Å². The van der Waals surface area contributed by atoms with Crippen LogP contribution in [0.5, 0.6) is 0 Å². The van der Waals surface area contributed by atoms with Crippen molar-refractivity contribution in [2.45, 2.75) is 25.3 Å². The first-order chi connectivity index (χ1) is 8.81. The molecule has 0 aromatic carbocycles. The molecule has 1 aliphatic rings. The SMILES string of the molecule is O=c1ccc2c([nH]1)CCC(Nc1ncccn1)C2. The largest absolute Gasteiger partial charge is 0.351 e. The number of anilines is 1. The molecule has 0 aliphatic heterocycles. The third-order valence-corrected chi connectivity index (χ3v) is 3.21. The van der Waals surface area contributed by atoms with Crippen molar-refractivity contribution >= 4 is 5.95 Å². The lowest BCUT2D eigenvalue weighted by molar-refractivity contribution is 0.593. The van der Waals surface area contributed by atoms with E-state index in [1.165, 1.54) is 5.56 Å². The summed E-state index contributed by atoms with van der Waals surface area (Å²) >= 11 is 0. The van der Waals surface area contributed by atoms with E-state index >= 15 is 0 Å². The summed E-state index contributed by atoms with van der Waals surface area (Å²) in [5.74, 6) is 0.662. The molecule has 2 aromatic heterocycles. The van der Waals surface area contributed by atoms with Crippen LogP contribution in [0, 0.1) is 0 Å². The monoisotopic (exact) mass is 242 g/mol. The van der Waals surface area contributed by atoms with Gasteiger partial charge in [-0.2, -0.15) is 0 Å². The average Bonchev–Trinajstić information content (AvgIpc) is 2.40. The Morgan fingerprint density at radius 2 is 2.11 bits per heavy atom. The van der Waals surface area contributed by atoms with Crippen LogP contribution in [0.15, 0.2) is 35.4 Å². The number of H-pyrrole nitrogens is 1. The minimum absolute atomic E-state index is 0.0217. The van der Waals surface area contributed by atoms with Crippen molar-refractivity contribution in [3.63, 3.8) is 0 Å². The molecule has 2 aromatic rings. The summed E-state index contributed by atoms with van der Waals surface area (Å²) in [5, 5.41) is 3.32. The fraction of sp³-hybridized carbons (Fsp3) is 0.308. The highest BCUT2D eigenvalue weighted by Crippen LogP contribution is 2.20. The van der Waals surface area contributed by atoms with Gasteiger partial charge in [0.2, 0.25) is 11.5 Å². The van der Waals surface area contributed by atoms with Crippen molar-refractivity contribution in [2.24, 2.45) is 0 Å². The second-order valence-electron chi connectivity index (χ2n) is 4.48. The summed E-state index contributed by atoms with van der Waals surface area (Å²) in [4.78, 5) is 22.4. The van der Waals surface area contributed by atoms with Gasteiger partial charge >= 0.3 is 0 Å². The van der Waals surface area contributed by atoms with Gasteiger partial charge in [0.25, 0.3) is 0 Å². The molecule has 0 saturated heterocycles. The van der Waals surface area contributed by atoms with Gasteiger partial charge in [-0.15, -0.1) is 0 Å². The quantitative estimate of drug-likeness (QED) is 0.828. The summed E-state index contributed by atoms with van der Waals surface area (Å²) in [5.41, 5.74) is 2.25. The Hall–Kier alpha value is -2.17. The highest BCUT2D eigenvalue weighted by atomic mass is 16.1. The topological polar surface area (TPSA) is 70.7 Å². The van der Waals surface area contributed by atoms with E-state index in [4.69, 9.17) is 0 Å². The second-order valence-corrected chi connectivity index (χ2v) is 4.48. The van der Waals surface area contributed by atoms with Crippen molar-refractivity contribution in [1.29, 1.82) is 0 Å². The molecule has 0 saturated carbocycles. The maximum atomic E-state index is 11.2. The molecule has 2 heterocycles. The first-order valence-corrected chi connectivity index (χ1v) is 6.06. The number of nitrogens with one attached hydrogen (secondary N) is 2. The molecule has 0 spiro atoms. The number of nitrogens with zero attached hydrogens (tertiary/aromatic N) is 2. The molecule has 1 unspecified atom stereocenters. The number of hydrogen-bond acceptors (Lipinski definition) is 4. The molecular weight excluding hydrogens is 228 g/mol. The summed E-state index contributed by atoms with van der Waals surface area (Å²) in [6.45, 7) is 0. The van der Waals surface area contributed by atoms with Crippen LogP contribution < -0.4 is 10.9 Å². The van der Waals surface area contributed by atoms with Crippen LogP contribution in [0.1, 0.15) is 17.7 Å². The first kappa shape index (κ1) is 11.0. The molecule has 0 fully saturated rings. The summed E-state index contributed by atoms with van der Waals surface area (Å²) < 4.78 is 0. The molecule has 1 atom stereocenters. The Balaban J connectivity index is 1.75. The Morgan fingerprint density at radius 3 is 2.94 bits per heavy atom. The van der Waals surface area contributed by atoms with Gasteiger partial charge in [-0.1, -0.05) is 6.07 Å². The highest BCUT2D eigenvalue weighted by Gasteiger charge is 2.19. The van der Waals surface area contributed by atoms with Gasteiger partial charge in [0.1, 0.15) is 0 Å². The van der Waals surface area contributed by atoms with Crippen molar-refractivity contribution < 1.29 is 0 Å². The predicted molar refractivity (Wildman–Crippen MR) is 68.5 cm³/mol. The van der Waals surface area contributed by atoms with Gasteiger partial charge in [0.05, 0.1) is 0 Å². The van der Waals surface area contributed by atoms with E-state index in [1.54, 1.807) is 24.5 Å². The fourth-order valence-corrected chi connectivity index (χ4v) is 2.33. The number of pyridine rings is 1. The normalized spacial score (nSPS) is 18.1. The maximum Gasteiger partial charge on any atom is 0.248 e. The molecule has 2 N–H and O–H groups in total. The third kappa shape index (κ3) is 2.25. The lowest BCUT2D eigenvalue weighted by Crippen LogP contribution is -2.29. The van der Waals surface area contributed by atoms with Gasteiger partial charge in [0, 0.05) is 30.2 Å². The predicted octanol–water partition coefficient (Wildman–Crippen LogP) is 1.13. The van der Waals surface area contributed by atoms with Crippen LogP contribution in [-0.4, -0.2) is 21.0 Å². The first-order valence-electron chi connectivity index (χ1n) is 6.06. The molecule has 0 amide bonds. The van der Waals surface area contributed by atoms with Crippen LogP contribution in [0.3, 0.4) is 0 Å². The Morgan fingerprint density at radius 1 is 1.28 bits per heavy atom. The minimum atomic E-state index is -0.0217. The molecule has 5 heteroatoms. The maximum absolute atomic E-state index is 11.2. The number of aromatic nitrogens is 3. The van der Waals surface area contributed by atoms with Crippen LogP contribution >= 0.6 is 0 Å². The molecule has 0 bridgehead atoms. The molecular formula is C13H14N4O. The highest BCUT2D eigenvalue weighted by molar-refractivity contribution is 5.30. The van der Waals surface area contributed by atoms with E-state index in [0.29, 0.717) is 12.0 Å². The molecule has 92 valence electrons. The number of aromatic amines is 1. The summed E-state index contributed by atoms with van der Waals surface area (Å²) in [7, 11) is 0. The number of hydrogen-bond donors (Lipinski definition) is 2. The molecule has 5 nitrogen and oxygen atoms in total. The lowest BCUT2D eigenvalue weighted by atomic mass is 9.92. The zero-order valence-corrected chi connectivity index (χ0v) is 9.89. The standard InChI is InChI=1S/C13H14N4O/c18-12-5-2-9-8-10(3-4-11(9)17-12)16-13-14-6-1-7-15-13/h1-2,5-7,10H,3-4,8H2,(H,17,18)(H,14,15,16). The van der Waals surface area contributed by atoms with Gasteiger partial charge < -0.3 is 10.3 Å². The lowest BCUT2D eigenvalue weighted by Gasteiger charge is -2.24. The van der Waals surface area contributed by atoms with E-state index < -0.39 is 0 Å². The van der Waals surface area contributed by atoms with Crippen molar-refractivity contribution in [1.82, 2.24) is 15.0 Å². The zero-order chi connectivity index (χ0) is 12.4. The summed E-state index contributed by atoms with van der Waals surface area (Å²) in [6, 6.07) is 5.62.